The van der Waals surface area contributed by atoms with Gasteiger partial charge in [0.15, 0.2) is 0 Å². The van der Waals surface area contributed by atoms with Crippen molar-refractivity contribution in [3.63, 3.8) is 0 Å². The van der Waals surface area contributed by atoms with Gasteiger partial charge in [-0.15, -0.1) is 0 Å². The minimum Gasteiger partial charge on any atom is -0.501 e. The molecule has 10 heavy (non-hydrogen) atoms. The van der Waals surface area contributed by atoms with Gasteiger partial charge >= 0.3 is 5.97 Å². The fourth-order valence-corrected chi connectivity index (χ4v) is 0.617. The molecule has 0 aromatic carbocycles. The molecule has 0 aromatic heterocycles. The van der Waals surface area contributed by atoms with Crippen LogP contribution in [0.2, 0.25) is 0 Å². The predicted octanol–water partition coefficient (Wildman–Crippen LogP) is 1.40. The zero-order valence-corrected chi connectivity index (χ0v) is 6.26. The van der Waals surface area contributed by atoms with Crippen LogP contribution in [-0.2, 0) is 9.53 Å². The van der Waals surface area contributed by atoms with Gasteiger partial charge in [-0.05, 0) is 6.42 Å². The Labute approximate surface area is 60.3 Å². The van der Waals surface area contributed by atoms with E-state index >= 15 is 0 Å². The highest BCUT2D eigenvalue weighted by atomic mass is 16.5. The van der Waals surface area contributed by atoms with Gasteiger partial charge in [-0.2, -0.15) is 0 Å². The highest BCUT2D eigenvalue weighted by Gasteiger charge is 1.96. The predicted molar refractivity (Wildman–Crippen MR) is 37.6 cm³/mol. The van der Waals surface area contributed by atoms with Crippen LogP contribution in [0.25, 0.3) is 0 Å². The Bertz CT molecular complexity index is 138. The Morgan fingerprint density at radius 3 is 2.60 bits per heavy atom. The molecule has 0 aromatic rings. The molecule has 0 rings (SSSR count). The molecule has 0 bridgehead atoms. The Hall–Kier alpha value is -0.990. The molecule has 0 fully saturated rings. The summed E-state index contributed by atoms with van der Waals surface area (Å²) < 4.78 is 4.78. The zero-order valence-electron chi connectivity index (χ0n) is 6.26. The van der Waals surface area contributed by atoms with Crippen LogP contribution in [0, 0.1) is 0 Å². The Morgan fingerprint density at radius 1 is 1.70 bits per heavy atom. The van der Waals surface area contributed by atoms with Crippen molar-refractivity contribution in [3.05, 3.63) is 11.8 Å². The standard InChI is InChI=1S/C7H12O3/c1-3-4-6(10-2)5-7(8)9/h5H,3-4H2,1-2H3,(H,8,9)/b6-5-. The Morgan fingerprint density at radius 2 is 2.30 bits per heavy atom. The lowest BCUT2D eigenvalue weighted by Crippen LogP contribution is -1.94. The van der Waals surface area contributed by atoms with Crippen LogP contribution in [-0.4, -0.2) is 18.2 Å². The van der Waals surface area contributed by atoms with E-state index in [1.54, 1.807) is 0 Å². The second-order valence-corrected chi connectivity index (χ2v) is 1.90. The monoisotopic (exact) mass is 144 g/mol. The molecule has 0 heterocycles. The molecule has 0 saturated heterocycles. The van der Waals surface area contributed by atoms with Crippen molar-refractivity contribution < 1.29 is 14.6 Å². The summed E-state index contributed by atoms with van der Waals surface area (Å²) in [5, 5.41) is 8.29. The van der Waals surface area contributed by atoms with E-state index in [1.807, 2.05) is 6.92 Å². The van der Waals surface area contributed by atoms with Crippen LogP contribution >= 0.6 is 0 Å². The molecule has 0 radical (unpaired) electrons. The number of carboxylic acid groups (broad SMARTS) is 1. The average Bonchev–Trinajstić information content (AvgIpc) is 1.86. The minimum absolute atomic E-state index is 0.523. The van der Waals surface area contributed by atoms with E-state index < -0.39 is 5.97 Å². The summed E-state index contributed by atoms with van der Waals surface area (Å²) in [6.45, 7) is 1.97. The molecule has 58 valence electrons. The third kappa shape index (κ3) is 3.95. The summed E-state index contributed by atoms with van der Waals surface area (Å²) in [4.78, 5) is 10.1. The number of carbonyl (C=O) groups is 1. The van der Waals surface area contributed by atoms with Crippen LogP contribution in [0.3, 0.4) is 0 Å². The van der Waals surface area contributed by atoms with E-state index in [-0.39, 0.29) is 0 Å². The first-order chi connectivity index (χ1) is 4.70. The van der Waals surface area contributed by atoms with Crippen LogP contribution in [0.1, 0.15) is 19.8 Å². The third-order valence-electron chi connectivity index (χ3n) is 1.04. The summed E-state index contributed by atoms with van der Waals surface area (Å²) >= 11 is 0. The summed E-state index contributed by atoms with van der Waals surface area (Å²) in [5.41, 5.74) is 0. The minimum atomic E-state index is -0.953. The number of rotatable bonds is 4. The number of carboxylic acids is 1. The van der Waals surface area contributed by atoms with Crippen molar-refractivity contribution in [2.45, 2.75) is 19.8 Å². The van der Waals surface area contributed by atoms with E-state index in [0.29, 0.717) is 12.2 Å². The van der Waals surface area contributed by atoms with Gasteiger partial charge in [0.1, 0.15) is 5.76 Å². The van der Waals surface area contributed by atoms with Crippen LogP contribution < -0.4 is 0 Å². The van der Waals surface area contributed by atoms with E-state index in [2.05, 4.69) is 0 Å². The van der Waals surface area contributed by atoms with Crippen molar-refractivity contribution in [2.24, 2.45) is 0 Å². The van der Waals surface area contributed by atoms with Gasteiger partial charge in [0.05, 0.1) is 13.2 Å². The van der Waals surface area contributed by atoms with E-state index in [4.69, 9.17) is 9.84 Å². The first-order valence-electron chi connectivity index (χ1n) is 3.18. The van der Waals surface area contributed by atoms with Crippen molar-refractivity contribution in [1.82, 2.24) is 0 Å². The fourth-order valence-electron chi connectivity index (χ4n) is 0.617. The number of allylic oxidation sites excluding steroid dienone is 1. The number of hydrogen-bond acceptors (Lipinski definition) is 2. The van der Waals surface area contributed by atoms with Crippen molar-refractivity contribution in [3.8, 4) is 0 Å². The van der Waals surface area contributed by atoms with E-state index in [9.17, 15) is 4.79 Å². The molecular weight excluding hydrogens is 132 g/mol. The van der Waals surface area contributed by atoms with Gasteiger partial charge in [0, 0.05) is 6.42 Å². The summed E-state index contributed by atoms with van der Waals surface area (Å²) in [6, 6.07) is 0. The molecule has 0 atom stereocenters. The smallest absolute Gasteiger partial charge is 0.331 e. The number of aliphatic carboxylic acids is 1. The normalized spacial score (nSPS) is 11.2. The molecule has 0 aliphatic heterocycles. The van der Waals surface area contributed by atoms with Crippen LogP contribution in [0.5, 0.6) is 0 Å². The van der Waals surface area contributed by atoms with Crippen LogP contribution in [0.15, 0.2) is 11.8 Å². The Kier molecular flexibility index (Phi) is 4.37. The molecule has 0 amide bonds. The molecule has 0 aliphatic rings. The molecule has 3 heteroatoms. The van der Waals surface area contributed by atoms with Gasteiger partial charge in [-0.1, -0.05) is 6.92 Å². The lowest BCUT2D eigenvalue weighted by atomic mass is 10.3. The van der Waals surface area contributed by atoms with Gasteiger partial charge in [0.2, 0.25) is 0 Å². The maximum absolute atomic E-state index is 10.1. The van der Waals surface area contributed by atoms with Gasteiger partial charge in [-0.3, -0.25) is 0 Å². The molecule has 0 saturated carbocycles. The fraction of sp³-hybridized carbons (Fsp3) is 0.571. The van der Waals surface area contributed by atoms with Crippen molar-refractivity contribution in [2.75, 3.05) is 7.11 Å². The maximum Gasteiger partial charge on any atom is 0.331 e. The number of methoxy groups -OCH3 is 1. The van der Waals surface area contributed by atoms with Gasteiger partial charge in [0.25, 0.3) is 0 Å². The van der Waals surface area contributed by atoms with Crippen LogP contribution in [0.4, 0.5) is 0 Å². The van der Waals surface area contributed by atoms with Crippen molar-refractivity contribution >= 4 is 5.97 Å². The number of ether oxygens (including phenoxy) is 1. The molecule has 3 nitrogen and oxygen atoms in total. The lowest BCUT2D eigenvalue weighted by Gasteiger charge is -2.00. The highest BCUT2D eigenvalue weighted by molar-refractivity contribution is 5.80. The van der Waals surface area contributed by atoms with E-state index in [0.717, 1.165) is 12.5 Å². The first-order valence-corrected chi connectivity index (χ1v) is 3.18. The zero-order chi connectivity index (χ0) is 7.98. The SMILES string of the molecule is CCC/C(=C/C(=O)O)OC. The molecule has 1 N–H and O–H groups in total. The summed E-state index contributed by atoms with van der Waals surface area (Å²) in [6.07, 6.45) is 2.67. The van der Waals surface area contributed by atoms with Gasteiger partial charge in [-0.25, -0.2) is 4.79 Å². The topological polar surface area (TPSA) is 46.5 Å². The molecule has 0 aliphatic carbocycles. The summed E-state index contributed by atoms with van der Waals surface area (Å²) in [5.74, 6) is -0.430. The first kappa shape index (κ1) is 9.01. The van der Waals surface area contributed by atoms with E-state index in [1.165, 1.54) is 7.11 Å². The molecule has 0 spiro atoms. The van der Waals surface area contributed by atoms with Gasteiger partial charge < -0.3 is 9.84 Å². The average molecular weight is 144 g/mol. The maximum atomic E-state index is 10.1. The highest BCUT2D eigenvalue weighted by Crippen LogP contribution is 2.03. The third-order valence-corrected chi connectivity index (χ3v) is 1.04. The lowest BCUT2D eigenvalue weighted by molar-refractivity contribution is -0.131. The quantitative estimate of drug-likeness (QED) is 0.479. The largest absolute Gasteiger partial charge is 0.501 e. The number of hydrogen-bond donors (Lipinski definition) is 1. The molecule has 0 unspecified atom stereocenters. The Balaban J connectivity index is 3.91. The van der Waals surface area contributed by atoms with Crippen molar-refractivity contribution in [1.29, 1.82) is 0 Å². The second kappa shape index (κ2) is 4.85. The second-order valence-electron chi connectivity index (χ2n) is 1.90. The molecular formula is C7H12O3. The summed E-state index contributed by atoms with van der Waals surface area (Å²) in [7, 11) is 1.48.